The highest BCUT2D eigenvalue weighted by atomic mass is 19.1. The van der Waals surface area contributed by atoms with Crippen LogP contribution in [0, 0.1) is 11.6 Å². The molecule has 5 rings (SSSR count). The monoisotopic (exact) mass is 474 g/mol. The molecule has 2 amide bonds. The third-order valence-corrected chi connectivity index (χ3v) is 6.67. The van der Waals surface area contributed by atoms with Crippen LogP contribution in [-0.2, 0) is 11.3 Å². The van der Waals surface area contributed by atoms with Crippen LogP contribution < -0.4 is 15.8 Å². The summed E-state index contributed by atoms with van der Waals surface area (Å²) >= 11 is 0. The molecule has 2 N–H and O–H groups in total. The van der Waals surface area contributed by atoms with Crippen LogP contribution in [0.4, 0.5) is 8.78 Å². The Labute approximate surface area is 193 Å². The van der Waals surface area contributed by atoms with Gasteiger partial charge in [0.2, 0.25) is 5.43 Å². The van der Waals surface area contributed by atoms with E-state index in [9.17, 15) is 28.3 Å². The van der Waals surface area contributed by atoms with Crippen molar-refractivity contribution >= 4 is 11.8 Å². The van der Waals surface area contributed by atoms with E-state index < -0.39 is 46.4 Å². The first-order chi connectivity index (χ1) is 16.3. The molecule has 34 heavy (non-hydrogen) atoms. The highest BCUT2D eigenvalue weighted by molar-refractivity contribution is 5.99. The lowest BCUT2D eigenvalue weighted by Gasteiger charge is -2.55. The van der Waals surface area contributed by atoms with Gasteiger partial charge in [-0.15, -0.1) is 0 Å². The van der Waals surface area contributed by atoms with Crippen LogP contribution in [0.5, 0.6) is 5.75 Å². The first-order valence-corrected chi connectivity index (χ1v) is 11.2. The maximum absolute atomic E-state index is 13.9. The van der Waals surface area contributed by atoms with Gasteiger partial charge in [0.25, 0.3) is 11.8 Å². The number of pyridine rings is 1. The van der Waals surface area contributed by atoms with E-state index in [1.165, 1.54) is 16.9 Å². The quantitative estimate of drug-likeness (QED) is 0.696. The fourth-order valence-electron chi connectivity index (χ4n) is 5.04. The molecule has 0 saturated carbocycles. The number of nitrogens with zero attached hydrogens (tertiary/aromatic N) is 3. The number of aromatic hydroxyl groups is 1. The van der Waals surface area contributed by atoms with Gasteiger partial charge < -0.3 is 20.1 Å². The van der Waals surface area contributed by atoms with Crippen LogP contribution in [0.2, 0.25) is 0 Å². The smallest absolute Gasteiger partial charge is 0.278 e. The van der Waals surface area contributed by atoms with Gasteiger partial charge in [-0.25, -0.2) is 8.78 Å². The number of ether oxygens (including phenoxy) is 1. The summed E-state index contributed by atoms with van der Waals surface area (Å²) < 4.78 is 34.6. The molecule has 2 saturated heterocycles. The minimum atomic E-state index is -1.00. The van der Waals surface area contributed by atoms with Gasteiger partial charge >= 0.3 is 0 Å². The summed E-state index contributed by atoms with van der Waals surface area (Å²) in [7, 11) is 0. The summed E-state index contributed by atoms with van der Waals surface area (Å²) in [6.07, 6.45) is 3.08. The third-order valence-electron chi connectivity index (χ3n) is 6.67. The third kappa shape index (κ3) is 3.51. The maximum atomic E-state index is 13.9. The Balaban J connectivity index is 1.51. The van der Waals surface area contributed by atoms with E-state index in [1.807, 2.05) is 11.9 Å². The molecule has 3 aliphatic heterocycles. The summed E-state index contributed by atoms with van der Waals surface area (Å²) in [6.45, 7) is 2.29. The minimum Gasteiger partial charge on any atom is -0.502 e. The summed E-state index contributed by atoms with van der Waals surface area (Å²) in [5.74, 6) is -3.78. The number of aromatic nitrogens is 1. The van der Waals surface area contributed by atoms with Crippen LogP contribution in [0.3, 0.4) is 0 Å². The molecule has 1 aromatic carbocycles. The van der Waals surface area contributed by atoms with Gasteiger partial charge in [-0.2, -0.15) is 0 Å². The Bertz CT molecular complexity index is 1230. The van der Waals surface area contributed by atoms with Gasteiger partial charge in [0.05, 0.1) is 18.8 Å². The van der Waals surface area contributed by atoms with Crippen molar-refractivity contribution in [1.82, 2.24) is 14.9 Å². The van der Waals surface area contributed by atoms with E-state index in [0.29, 0.717) is 19.2 Å². The Hall–Kier alpha value is -3.47. The number of rotatable bonds is 4. The molecule has 1 aromatic heterocycles. The van der Waals surface area contributed by atoms with E-state index in [0.717, 1.165) is 25.3 Å². The number of benzene rings is 1. The average Bonchev–Trinajstić information content (AvgIpc) is 2.81. The zero-order valence-corrected chi connectivity index (χ0v) is 18.5. The Morgan fingerprint density at radius 3 is 2.79 bits per heavy atom. The van der Waals surface area contributed by atoms with E-state index in [4.69, 9.17) is 4.74 Å². The second-order valence-corrected chi connectivity index (χ2v) is 8.69. The molecule has 2 aromatic rings. The molecule has 0 unspecified atom stereocenters. The fraction of sp³-hybridized carbons (Fsp3) is 0.435. The van der Waals surface area contributed by atoms with Gasteiger partial charge in [-0.1, -0.05) is 6.07 Å². The van der Waals surface area contributed by atoms with Crippen LogP contribution in [0.25, 0.3) is 0 Å². The van der Waals surface area contributed by atoms with Crippen molar-refractivity contribution in [1.29, 1.82) is 0 Å². The molecule has 0 radical (unpaired) electrons. The summed E-state index contributed by atoms with van der Waals surface area (Å²) in [5.41, 5.74) is -1.56. The Morgan fingerprint density at radius 2 is 2.06 bits per heavy atom. The molecule has 3 aliphatic rings. The molecular formula is C23H24F2N4O5. The number of hydrogen-bond donors (Lipinski definition) is 2. The minimum absolute atomic E-state index is 0.0341. The molecule has 2 fully saturated rings. The molecule has 4 heterocycles. The van der Waals surface area contributed by atoms with Gasteiger partial charge in [0.15, 0.2) is 11.4 Å². The number of fused-ring (bicyclic) bond motifs is 6. The second-order valence-electron chi connectivity index (χ2n) is 8.69. The van der Waals surface area contributed by atoms with Crippen molar-refractivity contribution in [2.24, 2.45) is 0 Å². The number of carbonyl (C=O) groups is 2. The van der Waals surface area contributed by atoms with Crippen molar-refractivity contribution in [2.45, 2.75) is 51.1 Å². The Kier molecular flexibility index (Phi) is 5.51. The van der Waals surface area contributed by atoms with E-state index in [2.05, 4.69) is 5.32 Å². The number of likely N-dealkylation sites (N-methyl/N-ethyl adjacent to an activating group) is 1. The molecule has 2 bridgehead atoms. The molecule has 9 nitrogen and oxygen atoms in total. The van der Waals surface area contributed by atoms with E-state index in [1.54, 1.807) is 4.90 Å². The largest absolute Gasteiger partial charge is 0.502 e. The lowest BCUT2D eigenvalue weighted by molar-refractivity contribution is -0.119. The van der Waals surface area contributed by atoms with Gasteiger partial charge in [0.1, 0.15) is 23.4 Å². The predicted molar refractivity (Wildman–Crippen MR) is 116 cm³/mol. The highest BCUT2D eigenvalue weighted by Crippen LogP contribution is 2.35. The molecule has 180 valence electrons. The highest BCUT2D eigenvalue weighted by Gasteiger charge is 2.49. The maximum Gasteiger partial charge on any atom is 0.278 e. The van der Waals surface area contributed by atoms with Crippen molar-refractivity contribution < 1.29 is 28.2 Å². The molecule has 11 heteroatoms. The zero-order chi connectivity index (χ0) is 24.1. The SMILES string of the molecule is CCN1C(=O)c2c(O)c(=O)c(C(=O)NCc3ccc(F)cc3F)cn2N2C[C@@H]3CCC[C@@H](O3)[C@@H]12. The van der Waals surface area contributed by atoms with Crippen LogP contribution in [-0.4, -0.2) is 58.0 Å². The van der Waals surface area contributed by atoms with E-state index in [-0.39, 0.29) is 30.0 Å². The number of amides is 2. The summed E-state index contributed by atoms with van der Waals surface area (Å²) in [4.78, 5) is 40.5. The topological polar surface area (TPSA) is 104 Å². The normalized spacial score (nSPS) is 23.4. The van der Waals surface area contributed by atoms with Crippen molar-refractivity contribution in [3.8, 4) is 5.75 Å². The van der Waals surface area contributed by atoms with Crippen LogP contribution in [0.1, 0.15) is 52.6 Å². The van der Waals surface area contributed by atoms with Crippen molar-refractivity contribution in [3.63, 3.8) is 0 Å². The first kappa shape index (κ1) is 22.3. The lowest BCUT2D eigenvalue weighted by atomic mass is 9.96. The summed E-state index contributed by atoms with van der Waals surface area (Å²) in [6, 6.07) is 2.95. The molecule has 0 spiro atoms. The van der Waals surface area contributed by atoms with Crippen LogP contribution in [0.15, 0.2) is 29.2 Å². The van der Waals surface area contributed by atoms with Crippen molar-refractivity contribution in [3.05, 3.63) is 63.1 Å². The number of carbonyl (C=O) groups excluding carboxylic acids is 2. The van der Waals surface area contributed by atoms with Crippen molar-refractivity contribution in [2.75, 3.05) is 18.1 Å². The number of morpholine rings is 1. The average molecular weight is 474 g/mol. The van der Waals surface area contributed by atoms with Gasteiger partial charge in [-0.3, -0.25) is 24.1 Å². The summed E-state index contributed by atoms with van der Waals surface area (Å²) in [5, 5.41) is 15.0. The predicted octanol–water partition coefficient (Wildman–Crippen LogP) is 1.45. The number of nitrogens with one attached hydrogen (secondary N) is 1. The zero-order valence-electron chi connectivity index (χ0n) is 18.5. The van der Waals surface area contributed by atoms with Gasteiger partial charge in [0, 0.05) is 30.9 Å². The lowest BCUT2D eigenvalue weighted by Crippen LogP contribution is -2.71. The molecular weight excluding hydrogens is 450 g/mol. The number of halogens is 2. The molecule has 0 aliphatic carbocycles. The Morgan fingerprint density at radius 1 is 1.26 bits per heavy atom. The van der Waals surface area contributed by atoms with Gasteiger partial charge in [-0.05, 0) is 32.3 Å². The second kappa shape index (κ2) is 8.39. The fourth-order valence-corrected chi connectivity index (χ4v) is 5.04. The number of hydrogen-bond acceptors (Lipinski definition) is 6. The first-order valence-electron chi connectivity index (χ1n) is 11.2. The van der Waals surface area contributed by atoms with Crippen LogP contribution >= 0.6 is 0 Å². The standard InChI is InChI=1S/C23H24F2N4O5/c1-2-27-22-17-5-3-4-14(34-17)10-29(22)28-11-15(19(30)20(31)18(28)23(27)33)21(32)26-9-12-6-7-13(24)8-16(12)25/h6-8,11,14,17,22,31H,2-5,9-10H2,1H3,(H,26,32)/t14-,17+,22-/m0/s1. The van der Waals surface area contributed by atoms with E-state index >= 15 is 0 Å². The molecule has 3 atom stereocenters.